The normalized spacial score (nSPS) is 16.7. The number of aromatic nitrogens is 4. The number of piperazine rings is 1. The summed E-state index contributed by atoms with van der Waals surface area (Å²) in [6.07, 6.45) is 3.40. The van der Waals surface area contributed by atoms with Gasteiger partial charge in [-0.25, -0.2) is 4.98 Å². The molecule has 1 aliphatic heterocycles. The second-order valence-electron chi connectivity index (χ2n) is 7.93. The fourth-order valence-electron chi connectivity index (χ4n) is 3.48. The molecular weight excluding hydrogens is 378 g/mol. The summed E-state index contributed by atoms with van der Waals surface area (Å²) in [7, 11) is 0. The Kier molecular flexibility index (Phi) is 5.76. The van der Waals surface area contributed by atoms with E-state index in [1.807, 2.05) is 31.2 Å². The smallest absolute Gasteiger partial charge is 0.151 e. The molecule has 3 N–H and O–H groups in total. The Bertz CT molecular complexity index is 989. The van der Waals surface area contributed by atoms with Gasteiger partial charge in [0.15, 0.2) is 5.82 Å². The number of aryl methyl sites for hydroxylation is 1. The first kappa shape index (κ1) is 20.0. The Balaban J connectivity index is 1.48. The lowest BCUT2D eigenvalue weighted by Gasteiger charge is -2.36. The summed E-state index contributed by atoms with van der Waals surface area (Å²) in [6.45, 7) is 9.11. The van der Waals surface area contributed by atoms with Crippen LogP contribution in [0.5, 0.6) is 5.75 Å². The van der Waals surface area contributed by atoms with Crippen LogP contribution in [0, 0.1) is 12.8 Å². The van der Waals surface area contributed by atoms with E-state index in [0.29, 0.717) is 29.0 Å². The van der Waals surface area contributed by atoms with Crippen molar-refractivity contribution in [2.75, 3.05) is 29.9 Å². The zero-order chi connectivity index (χ0) is 21.1. The van der Waals surface area contributed by atoms with Crippen molar-refractivity contribution in [3.63, 3.8) is 0 Å². The predicted molar refractivity (Wildman–Crippen MR) is 118 cm³/mol. The molecule has 30 heavy (non-hydrogen) atoms. The van der Waals surface area contributed by atoms with E-state index >= 15 is 0 Å². The third-order valence-corrected chi connectivity index (χ3v) is 5.29. The lowest BCUT2D eigenvalue weighted by Crippen LogP contribution is -2.53. The highest BCUT2D eigenvalue weighted by Gasteiger charge is 2.23. The minimum absolute atomic E-state index is 0.0455. The van der Waals surface area contributed by atoms with E-state index in [9.17, 15) is 5.11 Å². The highest BCUT2D eigenvalue weighted by molar-refractivity contribution is 5.68. The molecule has 1 atom stereocenters. The van der Waals surface area contributed by atoms with E-state index in [0.717, 1.165) is 36.8 Å². The van der Waals surface area contributed by atoms with Crippen molar-refractivity contribution in [1.82, 2.24) is 25.5 Å². The van der Waals surface area contributed by atoms with Gasteiger partial charge >= 0.3 is 0 Å². The topological polar surface area (TPSA) is 99.1 Å². The molecule has 0 unspecified atom stereocenters. The molecule has 1 aliphatic rings. The average molecular weight is 406 g/mol. The molecule has 0 bridgehead atoms. The van der Waals surface area contributed by atoms with Crippen LogP contribution in [0.4, 0.5) is 17.2 Å². The zero-order valence-electron chi connectivity index (χ0n) is 17.5. The molecule has 3 aromatic heterocycles. The van der Waals surface area contributed by atoms with Crippen molar-refractivity contribution in [3.8, 4) is 17.1 Å². The standard InChI is InChI=1S/C22H27N7O/c1-14(2)19-13-29(9-8-23-19)21-7-6-18(27-28-21)22-20(30)10-17(12-25-22)26-16-5-4-15(3)24-11-16/h4-7,10-12,14,19,23,26,30H,8-9,13H2,1-3H3/t19-/m1/s1. The summed E-state index contributed by atoms with van der Waals surface area (Å²) in [5.41, 5.74) is 3.39. The van der Waals surface area contributed by atoms with Gasteiger partial charge in [-0.05, 0) is 37.1 Å². The average Bonchev–Trinajstić information content (AvgIpc) is 2.76. The van der Waals surface area contributed by atoms with Crippen LogP contribution in [0.1, 0.15) is 19.5 Å². The third-order valence-electron chi connectivity index (χ3n) is 5.29. The van der Waals surface area contributed by atoms with Gasteiger partial charge in [-0.15, -0.1) is 10.2 Å². The maximum absolute atomic E-state index is 10.5. The van der Waals surface area contributed by atoms with Crippen LogP contribution in [0.3, 0.4) is 0 Å². The molecule has 3 aromatic rings. The second kappa shape index (κ2) is 8.62. The largest absolute Gasteiger partial charge is 0.506 e. The lowest BCUT2D eigenvalue weighted by atomic mass is 10.0. The summed E-state index contributed by atoms with van der Waals surface area (Å²) in [5, 5.41) is 25.9. The van der Waals surface area contributed by atoms with E-state index in [1.54, 1.807) is 18.5 Å². The molecule has 0 spiro atoms. The van der Waals surface area contributed by atoms with Gasteiger partial charge < -0.3 is 20.6 Å². The van der Waals surface area contributed by atoms with Gasteiger partial charge in [0.05, 0.1) is 23.8 Å². The van der Waals surface area contributed by atoms with Crippen molar-refractivity contribution in [2.45, 2.75) is 26.8 Å². The van der Waals surface area contributed by atoms with Crippen molar-refractivity contribution in [1.29, 1.82) is 0 Å². The Morgan fingerprint density at radius 3 is 2.60 bits per heavy atom. The Morgan fingerprint density at radius 2 is 1.93 bits per heavy atom. The van der Waals surface area contributed by atoms with Crippen LogP contribution in [-0.4, -0.2) is 50.9 Å². The molecule has 0 aliphatic carbocycles. The van der Waals surface area contributed by atoms with Gasteiger partial charge in [-0.1, -0.05) is 13.8 Å². The number of anilines is 3. The van der Waals surface area contributed by atoms with E-state index in [4.69, 9.17) is 0 Å². The van der Waals surface area contributed by atoms with E-state index in [-0.39, 0.29) is 5.75 Å². The Hall–Kier alpha value is -3.26. The second-order valence-corrected chi connectivity index (χ2v) is 7.93. The molecule has 8 nitrogen and oxygen atoms in total. The maximum Gasteiger partial charge on any atom is 0.151 e. The SMILES string of the molecule is Cc1ccc(Nc2cnc(-c3ccc(N4CCN[C@@H](C(C)C)C4)nn3)c(O)c2)cn1. The van der Waals surface area contributed by atoms with Crippen LogP contribution in [-0.2, 0) is 0 Å². The third kappa shape index (κ3) is 4.49. The van der Waals surface area contributed by atoms with Crippen LogP contribution >= 0.6 is 0 Å². The molecule has 4 heterocycles. The van der Waals surface area contributed by atoms with Gasteiger partial charge in [0.1, 0.15) is 17.1 Å². The summed E-state index contributed by atoms with van der Waals surface area (Å²) in [6, 6.07) is 9.71. The van der Waals surface area contributed by atoms with Gasteiger partial charge in [-0.3, -0.25) is 4.98 Å². The van der Waals surface area contributed by atoms with E-state index in [1.165, 1.54) is 0 Å². The minimum Gasteiger partial charge on any atom is -0.506 e. The number of rotatable bonds is 5. The summed E-state index contributed by atoms with van der Waals surface area (Å²) >= 11 is 0. The van der Waals surface area contributed by atoms with Crippen LogP contribution < -0.4 is 15.5 Å². The first-order valence-corrected chi connectivity index (χ1v) is 10.2. The van der Waals surface area contributed by atoms with E-state index < -0.39 is 0 Å². The monoisotopic (exact) mass is 405 g/mol. The van der Waals surface area contributed by atoms with Crippen molar-refractivity contribution < 1.29 is 5.11 Å². The summed E-state index contributed by atoms with van der Waals surface area (Å²) in [4.78, 5) is 10.9. The molecule has 0 amide bonds. The molecular formula is C22H27N7O. The molecule has 4 rings (SSSR count). The molecule has 0 saturated carbocycles. The van der Waals surface area contributed by atoms with Crippen molar-refractivity contribution >= 4 is 17.2 Å². The van der Waals surface area contributed by atoms with Crippen LogP contribution in [0.2, 0.25) is 0 Å². The van der Waals surface area contributed by atoms with Gasteiger partial charge in [-0.2, -0.15) is 0 Å². The fraction of sp³-hybridized carbons (Fsp3) is 0.364. The quantitative estimate of drug-likeness (QED) is 0.595. The molecule has 0 aromatic carbocycles. The van der Waals surface area contributed by atoms with Gasteiger partial charge in [0, 0.05) is 37.4 Å². The number of aromatic hydroxyl groups is 1. The predicted octanol–water partition coefficient (Wildman–Crippen LogP) is 3.13. The Labute approximate surface area is 176 Å². The number of hydrogen-bond donors (Lipinski definition) is 3. The minimum atomic E-state index is 0.0455. The zero-order valence-corrected chi connectivity index (χ0v) is 17.5. The first-order chi connectivity index (χ1) is 14.5. The van der Waals surface area contributed by atoms with Crippen LogP contribution in [0.25, 0.3) is 11.4 Å². The summed E-state index contributed by atoms with van der Waals surface area (Å²) in [5.74, 6) is 1.45. The number of hydrogen-bond acceptors (Lipinski definition) is 8. The highest BCUT2D eigenvalue weighted by atomic mass is 16.3. The molecule has 1 saturated heterocycles. The number of pyridine rings is 2. The molecule has 8 heteroatoms. The fourth-order valence-corrected chi connectivity index (χ4v) is 3.48. The Morgan fingerprint density at radius 1 is 1.10 bits per heavy atom. The lowest BCUT2D eigenvalue weighted by molar-refractivity contribution is 0.367. The van der Waals surface area contributed by atoms with Gasteiger partial charge in [0.25, 0.3) is 0 Å². The van der Waals surface area contributed by atoms with E-state index in [2.05, 4.69) is 49.5 Å². The van der Waals surface area contributed by atoms with Gasteiger partial charge in [0.2, 0.25) is 0 Å². The van der Waals surface area contributed by atoms with Crippen molar-refractivity contribution in [3.05, 3.63) is 48.4 Å². The maximum atomic E-state index is 10.5. The molecule has 156 valence electrons. The van der Waals surface area contributed by atoms with Crippen LogP contribution in [0.15, 0.2) is 42.7 Å². The molecule has 0 radical (unpaired) electrons. The summed E-state index contributed by atoms with van der Waals surface area (Å²) < 4.78 is 0. The molecule has 1 fully saturated rings. The van der Waals surface area contributed by atoms with Crippen molar-refractivity contribution in [2.24, 2.45) is 5.92 Å². The highest BCUT2D eigenvalue weighted by Crippen LogP contribution is 2.29. The number of nitrogens with zero attached hydrogens (tertiary/aromatic N) is 5. The number of nitrogens with one attached hydrogen (secondary N) is 2. The first-order valence-electron chi connectivity index (χ1n) is 10.2.